The predicted octanol–water partition coefficient (Wildman–Crippen LogP) is 3.75. The molecule has 9 nitrogen and oxygen atoms in total. The maximum atomic E-state index is 13.3. The summed E-state index contributed by atoms with van der Waals surface area (Å²) < 4.78 is 7.79. The average molecular weight is 467 g/mol. The minimum Gasteiger partial charge on any atom is -0.477 e. The van der Waals surface area contributed by atoms with Gasteiger partial charge in [-0.15, -0.1) is 0 Å². The molecule has 0 aromatic carbocycles. The molecule has 2 fully saturated rings. The minimum atomic E-state index is -0.255. The number of aryl methyl sites for hydroxylation is 1. The van der Waals surface area contributed by atoms with Gasteiger partial charge in [0.05, 0.1) is 30.0 Å². The molecule has 0 amide bonds. The van der Waals surface area contributed by atoms with Crippen LogP contribution in [0.25, 0.3) is 22.4 Å². The maximum absolute atomic E-state index is 13.3. The zero-order chi connectivity index (χ0) is 23.7. The van der Waals surface area contributed by atoms with Gasteiger partial charge in [-0.3, -0.25) is 9.48 Å². The normalized spacial score (nSPS) is 20.0. The van der Waals surface area contributed by atoms with Gasteiger partial charge < -0.3 is 19.7 Å². The highest BCUT2D eigenvalue weighted by atomic mass is 16.5. The molecule has 0 radical (unpaired) electrons. The second kappa shape index (κ2) is 9.74. The van der Waals surface area contributed by atoms with Crippen LogP contribution in [0, 0.1) is 6.92 Å². The summed E-state index contributed by atoms with van der Waals surface area (Å²) in [5.74, 6) is 1.70. The first-order chi connectivity index (χ1) is 16.5. The molecule has 1 unspecified atom stereocenters. The van der Waals surface area contributed by atoms with Gasteiger partial charge in [0.1, 0.15) is 17.2 Å². The second-order valence-corrected chi connectivity index (χ2v) is 9.46. The average Bonchev–Trinajstić information content (AvgIpc) is 3.03. The first kappa shape index (κ1) is 22.8. The lowest BCUT2D eigenvalue weighted by Gasteiger charge is -2.23. The van der Waals surface area contributed by atoms with Crippen LogP contribution in [0.5, 0.6) is 5.88 Å². The van der Waals surface area contributed by atoms with Crippen molar-refractivity contribution in [2.24, 2.45) is 0 Å². The Hall–Kier alpha value is -2.94. The SMILES string of the molecule is CCOc1nc(N2CCCC(O)CC2)ccc1-c1nc2c(C)nn(C3CCCCC3)c2c(=O)[nH]1. The third-order valence-electron chi connectivity index (χ3n) is 7.05. The van der Waals surface area contributed by atoms with Crippen LogP contribution in [-0.4, -0.2) is 55.6 Å². The van der Waals surface area contributed by atoms with E-state index in [9.17, 15) is 9.90 Å². The highest BCUT2D eigenvalue weighted by Gasteiger charge is 2.24. The van der Waals surface area contributed by atoms with Gasteiger partial charge in [0.15, 0.2) is 5.52 Å². The van der Waals surface area contributed by atoms with E-state index in [4.69, 9.17) is 19.8 Å². The molecular weight excluding hydrogens is 432 g/mol. The van der Waals surface area contributed by atoms with E-state index in [1.54, 1.807) is 0 Å². The summed E-state index contributed by atoms with van der Waals surface area (Å²) in [7, 11) is 0. The van der Waals surface area contributed by atoms with Crippen molar-refractivity contribution in [2.45, 2.75) is 77.4 Å². The zero-order valence-electron chi connectivity index (χ0n) is 20.1. The summed E-state index contributed by atoms with van der Waals surface area (Å²) in [4.78, 5) is 28.0. The van der Waals surface area contributed by atoms with E-state index in [0.717, 1.165) is 56.7 Å². The Morgan fingerprint density at radius 3 is 2.71 bits per heavy atom. The Morgan fingerprint density at radius 1 is 1.09 bits per heavy atom. The monoisotopic (exact) mass is 466 g/mol. The molecule has 34 heavy (non-hydrogen) atoms. The molecule has 0 bridgehead atoms. The number of aromatic nitrogens is 5. The van der Waals surface area contributed by atoms with Gasteiger partial charge in [-0.2, -0.15) is 10.1 Å². The molecule has 3 aromatic heterocycles. The van der Waals surface area contributed by atoms with Crippen LogP contribution in [0.4, 0.5) is 5.82 Å². The van der Waals surface area contributed by atoms with Gasteiger partial charge in [-0.25, -0.2) is 4.98 Å². The van der Waals surface area contributed by atoms with E-state index >= 15 is 0 Å². The second-order valence-electron chi connectivity index (χ2n) is 9.46. The fraction of sp³-hybridized carbons (Fsp3) is 0.600. The smallest absolute Gasteiger partial charge is 0.277 e. The molecule has 2 N–H and O–H groups in total. The van der Waals surface area contributed by atoms with E-state index < -0.39 is 0 Å². The number of aliphatic hydroxyl groups excluding tert-OH is 1. The van der Waals surface area contributed by atoms with Crippen molar-refractivity contribution in [1.29, 1.82) is 0 Å². The highest BCUT2D eigenvalue weighted by molar-refractivity contribution is 5.79. The van der Waals surface area contributed by atoms with E-state index in [2.05, 4.69) is 9.88 Å². The van der Waals surface area contributed by atoms with Gasteiger partial charge >= 0.3 is 0 Å². The predicted molar refractivity (Wildman–Crippen MR) is 131 cm³/mol. The minimum absolute atomic E-state index is 0.181. The number of aromatic amines is 1. The number of H-pyrrole nitrogens is 1. The molecule has 4 heterocycles. The van der Waals surface area contributed by atoms with Crippen LogP contribution in [0.15, 0.2) is 16.9 Å². The Labute approximate surface area is 199 Å². The number of aliphatic hydroxyl groups is 1. The molecule has 1 aliphatic carbocycles. The molecule has 0 spiro atoms. The summed E-state index contributed by atoms with van der Waals surface area (Å²) in [5.41, 5.74) is 2.43. The van der Waals surface area contributed by atoms with Crippen molar-refractivity contribution in [3.8, 4) is 17.3 Å². The molecule has 1 atom stereocenters. The number of hydrogen-bond acceptors (Lipinski definition) is 7. The summed E-state index contributed by atoms with van der Waals surface area (Å²) in [6, 6.07) is 4.11. The lowest BCUT2D eigenvalue weighted by molar-refractivity contribution is 0.161. The summed E-state index contributed by atoms with van der Waals surface area (Å²) in [6.45, 7) is 5.87. The summed E-state index contributed by atoms with van der Waals surface area (Å²) in [6.07, 6.45) is 7.87. The molecule has 9 heteroatoms. The first-order valence-corrected chi connectivity index (χ1v) is 12.6. The van der Waals surface area contributed by atoms with Gasteiger partial charge in [0.25, 0.3) is 5.56 Å². The van der Waals surface area contributed by atoms with E-state index in [0.29, 0.717) is 34.9 Å². The van der Waals surface area contributed by atoms with Gasteiger partial charge in [-0.1, -0.05) is 19.3 Å². The molecule has 1 aliphatic heterocycles. The van der Waals surface area contributed by atoms with Crippen LogP contribution < -0.4 is 15.2 Å². The standard InChI is InChI=1S/C25H34N6O3/c1-3-34-25-19(11-12-20(26-25)30-14-7-10-18(32)13-15-30)23-27-21-16(2)29-31(22(21)24(33)28-23)17-8-5-4-6-9-17/h11-12,17-18,32H,3-10,13-15H2,1-2H3,(H,27,28,33). The zero-order valence-corrected chi connectivity index (χ0v) is 20.1. The summed E-state index contributed by atoms with van der Waals surface area (Å²) in [5, 5.41) is 14.7. The number of rotatable bonds is 5. The van der Waals surface area contributed by atoms with E-state index in [1.807, 2.05) is 30.7 Å². The highest BCUT2D eigenvalue weighted by Crippen LogP contribution is 2.32. The fourth-order valence-corrected chi connectivity index (χ4v) is 5.25. The van der Waals surface area contributed by atoms with Crippen molar-refractivity contribution in [1.82, 2.24) is 24.7 Å². The number of fused-ring (bicyclic) bond motifs is 1. The van der Waals surface area contributed by atoms with E-state index in [1.165, 1.54) is 19.3 Å². The number of hydrogen-bond donors (Lipinski definition) is 2. The lowest BCUT2D eigenvalue weighted by Crippen LogP contribution is -2.25. The third kappa shape index (κ3) is 4.41. The van der Waals surface area contributed by atoms with Crippen molar-refractivity contribution in [3.63, 3.8) is 0 Å². The number of ether oxygens (including phenoxy) is 1. The molecule has 2 aliphatic rings. The summed E-state index contributed by atoms with van der Waals surface area (Å²) >= 11 is 0. The van der Waals surface area contributed by atoms with Gasteiger partial charge in [-0.05, 0) is 58.1 Å². The molecule has 182 valence electrons. The van der Waals surface area contributed by atoms with Crippen LogP contribution >= 0.6 is 0 Å². The number of nitrogens with one attached hydrogen (secondary N) is 1. The largest absolute Gasteiger partial charge is 0.477 e. The Morgan fingerprint density at radius 2 is 1.91 bits per heavy atom. The van der Waals surface area contributed by atoms with Crippen LogP contribution in [0.3, 0.4) is 0 Å². The van der Waals surface area contributed by atoms with Gasteiger partial charge in [0.2, 0.25) is 5.88 Å². The van der Waals surface area contributed by atoms with Crippen molar-refractivity contribution >= 4 is 16.9 Å². The van der Waals surface area contributed by atoms with Crippen LogP contribution in [0.2, 0.25) is 0 Å². The molecule has 3 aromatic rings. The molecular formula is C25H34N6O3. The number of anilines is 1. The van der Waals surface area contributed by atoms with Crippen molar-refractivity contribution in [3.05, 3.63) is 28.2 Å². The molecule has 1 saturated heterocycles. The Balaban J connectivity index is 1.53. The van der Waals surface area contributed by atoms with Gasteiger partial charge in [0, 0.05) is 13.1 Å². The van der Waals surface area contributed by atoms with Crippen molar-refractivity contribution in [2.75, 3.05) is 24.6 Å². The number of pyridine rings is 1. The lowest BCUT2D eigenvalue weighted by atomic mass is 9.95. The first-order valence-electron chi connectivity index (χ1n) is 12.6. The van der Waals surface area contributed by atoms with E-state index in [-0.39, 0.29) is 17.7 Å². The maximum Gasteiger partial charge on any atom is 0.277 e. The molecule has 1 saturated carbocycles. The Kier molecular flexibility index (Phi) is 6.54. The molecule has 5 rings (SSSR count). The third-order valence-corrected chi connectivity index (χ3v) is 7.05. The quantitative estimate of drug-likeness (QED) is 0.589. The fourth-order valence-electron chi connectivity index (χ4n) is 5.25. The van der Waals surface area contributed by atoms with Crippen LogP contribution in [-0.2, 0) is 0 Å². The van der Waals surface area contributed by atoms with Crippen LogP contribution in [0.1, 0.15) is 70.0 Å². The topological polar surface area (TPSA) is 109 Å². The Bertz CT molecular complexity index is 1210. The number of nitrogens with zero attached hydrogens (tertiary/aromatic N) is 5. The van der Waals surface area contributed by atoms with Crippen molar-refractivity contribution < 1.29 is 9.84 Å².